The predicted molar refractivity (Wildman–Crippen MR) is 31.7 cm³/mol. The van der Waals surface area contributed by atoms with Crippen molar-refractivity contribution in [3.05, 3.63) is 0 Å². The molecule has 0 aromatic heterocycles. The molecule has 50 valence electrons. The highest BCUT2D eigenvalue weighted by atomic mass is 32.3. The second kappa shape index (κ2) is 1.69. The lowest BCUT2D eigenvalue weighted by atomic mass is 10.3. The first-order chi connectivity index (χ1) is 3.25. The van der Waals surface area contributed by atoms with Gasteiger partial charge in [0.1, 0.15) is 0 Å². The minimum absolute atomic E-state index is 1.03. The maximum absolute atomic E-state index is 12.1. The molecule has 0 fully saturated rings. The van der Waals surface area contributed by atoms with Gasteiger partial charge in [-0.25, -0.2) is 8.99 Å². The first-order valence-electron chi connectivity index (χ1n) is 2.23. The zero-order valence-corrected chi connectivity index (χ0v) is 6.01. The van der Waals surface area contributed by atoms with Gasteiger partial charge < -0.3 is 0 Å². The van der Waals surface area contributed by atoms with Crippen LogP contribution < -0.4 is 0 Å². The molecule has 0 saturated heterocycles. The lowest BCUT2D eigenvalue weighted by molar-refractivity contribution is 0.591. The molecule has 1 atom stereocenters. The van der Waals surface area contributed by atoms with Crippen LogP contribution in [0.3, 0.4) is 0 Å². The molecule has 8 heavy (non-hydrogen) atoms. The van der Waals surface area contributed by atoms with Crippen molar-refractivity contribution in [2.45, 2.75) is 25.5 Å². The summed E-state index contributed by atoms with van der Waals surface area (Å²) in [6.07, 6.45) is 0. The van der Waals surface area contributed by atoms with Gasteiger partial charge in [0.2, 0.25) is 10.1 Å². The zero-order valence-electron chi connectivity index (χ0n) is 5.19. The Hall–Kier alpha value is -0.120. The van der Waals surface area contributed by atoms with E-state index in [1.54, 1.807) is 0 Å². The molecule has 0 bridgehead atoms. The van der Waals surface area contributed by atoms with Crippen LogP contribution in [-0.4, -0.2) is 8.96 Å². The van der Waals surface area contributed by atoms with Crippen LogP contribution in [0.1, 0.15) is 20.8 Å². The molecule has 0 aliphatic carbocycles. The molecule has 0 rings (SSSR count). The van der Waals surface area contributed by atoms with Crippen molar-refractivity contribution in [1.82, 2.24) is 0 Å². The third kappa shape index (κ3) is 1.78. The van der Waals surface area contributed by atoms with Gasteiger partial charge in [0.15, 0.2) is 0 Å². The van der Waals surface area contributed by atoms with Crippen molar-refractivity contribution in [2.75, 3.05) is 0 Å². The quantitative estimate of drug-likeness (QED) is 0.510. The summed E-state index contributed by atoms with van der Waals surface area (Å²) in [6.45, 7) is 4.30. The third-order valence-corrected chi connectivity index (χ3v) is 2.36. The highest BCUT2D eigenvalue weighted by Crippen LogP contribution is 2.16. The largest absolute Gasteiger partial charge is 0.226 e. The lowest BCUT2D eigenvalue weighted by Crippen LogP contribution is -2.21. The van der Waals surface area contributed by atoms with Gasteiger partial charge in [-0.3, -0.25) is 0 Å². The van der Waals surface area contributed by atoms with Gasteiger partial charge in [0.25, 0.3) is 0 Å². The standard InChI is InChI=1S/C4H10FNOS/c1-4(2,3)8(5,6)7/h6H,1-3H3. The molecule has 4 heteroatoms. The number of halogens is 1. The first-order valence-corrected chi connectivity index (χ1v) is 3.69. The van der Waals surface area contributed by atoms with Crippen LogP contribution in [0, 0.1) is 4.78 Å². The van der Waals surface area contributed by atoms with E-state index in [9.17, 15) is 8.09 Å². The van der Waals surface area contributed by atoms with Crippen molar-refractivity contribution in [2.24, 2.45) is 0 Å². The Morgan fingerprint density at radius 3 is 1.62 bits per heavy atom. The Balaban J connectivity index is 4.53. The van der Waals surface area contributed by atoms with E-state index in [-0.39, 0.29) is 0 Å². The molecule has 2 nitrogen and oxygen atoms in total. The van der Waals surface area contributed by atoms with E-state index < -0.39 is 14.9 Å². The van der Waals surface area contributed by atoms with Crippen molar-refractivity contribution in [1.29, 1.82) is 4.78 Å². The van der Waals surface area contributed by atoms with Crippen LogP contribution in [0.15, 0.2) is 0 Å². The van der Waals surface area contributed by atoms with Crippen molar-refractivity contribution in [3.8, 4) is 0 Å². The molecule has 0 heterocycles. The molecule has 1 N–H and O–H groups in total. The number of hydrogen-bond donors (Lipinski definition) is 1. The molecule has 0 aromatic carbocycles. The normalized spacial score (nSPS) is 20.0. The van der Waals surface area contributed by atoms with Crippen LogP contribution in [0.4, 0.5) is 3.89 Å². The second-order valence-corrected chi connectivity index (χ2v) is 4.80. The highest BCUT2D eigenvalue weighted by Gasteiger charge is 2.23. The Bertz CT molecular complexity index is 165. The Labute approximate surface area is 49.4 Å². The fourth-order valence-electron chi connectivity index (χ4n) is 0. The monoisotopic (exact) mass is 139 g/mol. The van der Waals surface area contributed by atoms with E-state index >= 15 is 0 Å². The topological polar surface area (TPSA) is 40.9 Å². The van der Waals surface area contributed by atoms with Crippen molar-refractivity contribution < 1.29 is 8.09 Å². The van der Waals surface area contributed by atoms with E-state index in [2.05, 4.69) is 0 Å². The zero-order chi connectivity index (χ0) is 7.00. The minimum atomic E-state index is -3.84. The summed E-state index contributed by atoms with van der Waals surface area (Å²) < 4.78 is 27.7. The average Bonchev–Trinajstić information content (AvgIpc) is 1.25. The van der Waals surface area contributed by atoms with Crippen LogP contribution in [0.25, 0.3) is 0 Å². The maximum atomic E-state index is 12.1. The van der Waals surface area contributed by atoms with Crippen molar-refractivity contribution in [3.63, 3.8) is 0 Å². The molecule has 1 unspecified atom stereocenters. The molecule has 0 aromatic rings. The summed E-state index contributed by atoms with van der Waals surface area (Å²) in [7, 11) is -3.84. The van der Waals surface area contributed by atoms with Crippen LogP contribution in [0.2, 0.25) is 0 Å². The van der Waals surface area contributed by atoms with E-state index in [1.165, 1.54) is 20.8 Å². The third-order valence-electron chi connectivity index (χ3n) is 0.788. The van der Waals surface area contributed by atoms with E-state index in [0.29, 0.717) is 0 Å². The summed E-state index contributed by atoms with van der Waals surface area (Å²) in [5.41, 5.74) is 0. The number of nitrogens with one attached hydrogen (secondary N) is 1. The fraction of sp³-hybridized carbons (Fsp3) is 1.00. The van der Waals surface area contributed by atoms with Crippen LogP contribution >= 0.6 is 0 Å². The number of rotatable bonds is 0. The van der Waals surface area contributed by atoms with Gasteiger partial charge >= 0.3 is 0 Å². The van der Waals surface area contributed by atoms with E-state index in [0.717, 1.165) is 0 Å². The molecule has 0 aliphatic heterocycles. The van der Waals surface area contributed by atoms with Gasteiger partial charge in [-0.05, 0) is 20.8 Å². The summed E-state index contributed by atoms with van der Waals surface area (Å²) in [6, 6.07) is 0. The summed E-state index contributed by atoms with van der Waals surface area (Å²) >= 11 is 0. The Morgan fingerprint density at radius 2 is 1.62 bits per heavy atom. The summed E-state index contributed by atoms with van der Waals surface area (Å²) in [4.78, 5) is 0. The second-order valence-electron chi connectivity index (χ2n) is 2.60. The summed E-state index contributed by atoms with van der Waals surface area (Å²) in [5, 5.41) is 0. The molecule has 0 spiro atoms. The van der Waals surface area contributed by atoms with Gasteiger partial charge in [-0.1, -0.05) is 0 Å². The molecule has 0 saturated carbocycles. The predicted octanol–water partition coefficient (Wildman–Crippen LogP) is 1.72. The van der Waals surface area contributed by atoms with Gasteiger partial charge in [-0.15, -0.1) is 3.89 Å². The maximum Gasteiger partial charge on any atom is 0.204 e. The minimum Gasteiger partial charge on any atom is -0.226 e. The Morgan fingerprint density at radius 1 is 1.50 bits per heavy atom. The Kier molecular flexibility index (Phi) is 1.66. The molecular formula is C4H10FNOS. The first kappa shape index (κ1) is 7.88. The van der Waals surface area contributed by atoms with E-state index in [1.807, 2.05) is 0 Å². The number of hydrogen-bond acceptors (Lipinski definition) is 2. The SMILES string of the molecule is CC(C)(C)S(=N)(=O)F. The lowest BCUT2D eigenvalue weighted by Gasteiger charge is -2.13. The van der Waals surface area contributed by atoms with Crippen LogP contribution in [-0.2, 0) is 10.1 Å². The van der Waals surface area contributed by atoms with Crippen molar-refractivity contribution >= 4 is 10.1 Å². The smallest absolute Gasteiger partial charge is 0.204 e. The van der Waals surface area contributed by atoms with Gasteiger partial charge in [0, 0.05) is 0 Å². The molecule has 0 aliphatic rings. The van der Waals surface area contributed by atoms with E-state index in [4.69, 9.17) is 4.78 Å². The molecular weight excluding hydrogens is 129 g/mol. The fourth-order valence-corrected chi connectivity index (χ4v) is 0. The van der Waals surface area contributed by atoms with Crippen LogP contribution in [0.5, 0.6) is 0 Å². The van der Waals surface area contributed by atoms with Gasteiger partial charge in [0.05, 0.1) is 4.75 Å². The summed E-state index contributed by atoms with van der Waals surface area (Å²) in [5.74, 6) is 0. The van der Waals surface area contributed by atoms with Gasteiger partial charge in [-0.2, -0.15) is 0 Å². The highest BCUT2D eigenvalue weighted by molar-refractivity contribution is 7.88. The molecule has 0 radical (unpaired) electrons. The molecule has 0 amide bonds. The average molecular weight is 139 g/mol.